The monoisotopic (exact) mass is 802 g/mol. The van der Waals surface area contributed by atoms with Crippen LogP contribution >= 0.6 is 21.6 Å². The summed E-state index contributed by atoms with van der Waals surface area (Å²) in [6, 6.07) is 0. The SMILES string of the molecule is NCCOCCOCCOCCOCCOCCOCCCCCCCCCCCSSCCCCCCCCCCCOCCOCCOCCO. The van der Waals surface area contributed by atoms with Gasteiger partial charge in [-0.2, -0.15) is 0 Å². The lowest BCUT2D eigenvalue weighted by Gasteiger charge is -2.08. The molecule has 0 aliphatic heterocycles. The summed E-state index contributed by atoms with van der Waals surface area (Å²) < 4.78 is 49.0. The van der Waals surface area contributed by atoms with Crippen molar-refractivity contribution in [1.29, 1.82) is 0 Å². The third-order valence-corrected chi connectivity index (χ3v) is 10.8. The van der Waals surface area contributed by atoms with E-state index in [0.29, 0.717) is 112 Å². The normalized spacial score (nSPS) is 11.7. The highest BCUT2D eigenvalue weighted by molar-refractivity contribution is 8.76. The first-order valence-corrected chi connectivity index (χ1v) is 23.7. The molecule has 0 saturated carbocycles. The molecule has 0 spiro atoms. The van der Waals surface area contributed by atoms with Crippen LogP contribution in [0.3, 0.4) is 0 Å². The van der Waals surface area contributed by atoms with E-state index in [9.17, 15) is 0 Å². The Morgan fingerprint density at radius 2 is 0.491 bits per heavy atom. The Bertz CT molecular complexity index is 584. The fraction of sp³-hybridized carbons (Fsp3) is 1.00. The Labute approximate surface area is 333 Å². The summed E-state index contributed by atoms with van der Waals surface area (Å²) in [5, 5.41) is 8.62. The summed E-state index contributed by atoms with van der Waals surface area (Å²) in [7, 11) is 4.17. The minimum absolute atomic E-state index is 0.0629. The molecule has 13 heteroatoms. The maximum atomic E-state index is 8.62. The molecule has 0 atom stereocenters. The van der Waals surface area contributed by atoms with E-state index >= 15 is 0 Å². The van der Waals surface area contributed by atoms with Crippen molar-refractivity contribution in [2.75, 3.05) is 144 Å². The number of rotatable bonds is 50. The van der Waals surface area contributed by atoms with Gasteiger partial charge < -0.3 is 53.5 Å². The van der Waals surface area contributed by atoms with Crippen LogP contribution in [0.1, 0.15) is 116 Å². The highest BCUT2D eigenvalue weighted by Crippen LogP contribution is 2.25. The predicted molar refractivity (Wildman–Crippen MR) is 222 cm³/mol. The second kappa shape index (κ2) is 52.3. The summed E-state index contributed by atoms with van der Waals surface area (Å²) >= 11 is 0. The van der Waals surface area contributed by atoms with Crippen molar-refractivity contribution < 1.29 is 47.7 Å². The largest absolute Gasteiger partial charge is 0.394 e. The molecule has 0 aromatic rings. The van der Waals surface area contributed by atoms with Gasteiger partial charge in [0.05, 0.1) is 112 Å². The van der Waals surface area contributed by atoms with Crippen LogP contribution in [-0.4, -0.2) is 149 Å². The zero-order valence-corrected chi connectivity index (χ0v) is 35.4. The molecule has 0 amide bonds. The molecule has 53 heavy (non-hydrogen) atoms. The number of ether oxygens (including phenoxy) is 9. The van der Waals surface area contributed by atoms with Crippen LogP contribution in [0.25, 0.3) is 0 Å². The molecule has 0 aliphatic carbocycles. The maximum absolute atomic E-state index is 8.62. The molecule has 0 saturated heterocycles. The van der Waals surface area contributed by atoms with Crippen molar-refractivity contribution >= 4 is 21.6 Å². The van der Waals surface area contributed by atoms with Gasteiger partial charge in [-0.05, 0) is 25.7 Å². The molecule has 3 N–H and O–H groups in total. The fourth-order valence-corrected chi connectivity index (χ4v) is 7.51. The lowest BCUT2D eigenvalue weighted by atomic mass is 10.1. The first-order chi connectivity index (χ1) is 26.4. The minimum Gasteiger partial charge on any atom is -0.394 e. The highest BCUT2D eigenvalue weighted by atomic mass is 33.1. The topological polar surface area (TPSA) is 129 Å². The molecule has 0 heterocycles. The second-order valence-corrected chi connectivity index (χ2v) is 15.7. The van der Waals surface area contributed by atoms with Gasteiger partial charge in [0.2, 0.25) is 0 Å². The lowest BCUT2D eigenvalue weighted by Crippen LogP contribution is -2.15. The number of hydrogen-bond donors (Lipinski definition) is 2. The summed E-state index contributed by atoms with van der Waals surface area (Å²) in [5.74, 6) is 2.62. The van der Waals surface area contributed by atoms with Gasteiger partial charge in [-0.1, -0.05) is 111 Å². The summed E-state index contributed by atoms with van der Waals surface area (Å²) in [6.45, 7) is 11.4. The van der Waals surface area contributed by atoms with E-state index in [1.165, 1.54) is 114 Å². The Kier molecular flexibility index (Phi) is 52.5. The molecule has 0 radical (unpaired) electrons. The molecule has 0 aliphatic rings. The van der Waals surface area contributed by atoms with Gasteiger partial charge in [-0.3, -0.25) is 0 Å². The Morgan fingerprint density at radius 1 is 0.264 bits per heavy atom. The van der Waals surface area contributed by atoms with E-state index in [1.54, 1.807) is 0 Å². The lowest BCUT2D eigenvalue weighted by molar-refractivity contribution is -0.0165. The highest BCUT2D eigenvalue weighted by Gasteiger charge is 1.99. The van der Waals surface area contributed by atoms with Crippen LogP contribution in [0.4, 0.5) is 0 Å². The zero-order valence-electron chi connectivity index (χ0n) is 33.8. The van der Waals surface area contributed by atoms with Crippen LogP contribution < -0.4 is 5.73 Å². The first kappa shape index (κ1) is 53.3. The van der Waals surface area contributed by atoms with Crippen molar-refractivity contribution in [2.45, 2.75) is 116 Å². The Balaban J connectivity index is 3.05. The zero-order chi connectivity index (χ0) is 38.1. The minimum atomic E-state index is 0.0629. The van der Waals surface area contributed by atoms with E-state index in [2.05, 4.69) is 21.6 Å². The van der Waals surface area contributed by atoms with Gasteiger partial charge in [-0.15, -0.1) is 0 Å². The number of aliphatic hydroxyl groups is 1. The predicted octanol–water partition coefficient (Wildman–Crippen LogP) is 7.49. The summed E-state index contributed by atoms with van der Waals surface area (Å²) in [5.41, 5.74) is 5.35. The third kappa shape index (κ3) is 52.3. The van der Waals surface area contributed by atoms with Gasteiger partial charge in [0.15, 0.2) is 0 Å². The van der Waals surface area contributed by atoms with Gasteiger partial charge in [0.1, 0.15) is 0 Å². The fourth-order valence-electron chi connectivity index (χ4n) is 5.21. The van der Waals surface area contributed by atoms with Crippen molar-refractivity contribution in [3.05, 3.63) is 0 Å². The van der Waals surface area contributed by atoms with Crippen molar-refractivity contribution in [2.24, 2.45) is 5.73 Å². The molecule has 320 valence electrons. The number of nitrogens with two attached hydrogens (primary N) is 1. The number of unbranched alkanes of at least 4 members (excludes halogenated alkanes) is 16. The van der Waals surface area contributed by atoms with Crippen LogP contribution in [0.2, 0.25) is 0 Å². The van der Waals surface area contributed by atoms with Crippen LogP contribution in [0, 0.1) is 0 Å². The molecule has 0 unspecified atom stereocenters. The van der Waals surface area contributed by atoms with Crippen molar-refractivity contribution in [1.82, 2.24) is 0 Å². The van der Waals surface area contributed by atoms with Crippen molar-refractivity contribution in [3.63, 3.8) is 0 Å². The van der Waals surface area contributed by atoms with Gasteiger partial charge in [-0.25, -0.2) is 0 Å². The first-order valence-electron chi connectivity index (χ1n) is 21.2. The summed E-state index contributed by atoms with van der Waals surface area (Å²) in [4.78, 5) is 0. The quantitative estimate of drug-likeness (QED) is 0.0466. The van der Waals surface area contributed by atoms with Crippen LogP contribution in [0.5, 0.6) is 0 Å². The Hall–Kier alpha value is 0.260. The molecule has 0 aromatic heterocycles. The second-order valence-electron chi connectivity index (χ2n) is 13.0. The van der Waals surface area contributed by atoms with Gasteiger partial charge >= 0.3 is 0 Å². The molecule has 11 nitrogen and oxygen atoms in total. The molecule has 0 rings (SSSR count). The van der Waals surface area contributed by atoms with Gasteiger partial charge in [0, 0.05) is 31.3 Å². The maximum Gasteiger partial charge on any atom is 0.0701 e. The summed E-state index contributed by atoms with van der Waals surface area (Å²) in [6.07, 6.45) is 24.0. The van der Waals surface area contributed by atoms with E-state index in [-0.39, 0.29) is 6.61 Å². The molecule has 0 bridgehead atoms. The third-order valence-electron chi connectivity index (χ3n) is 8.22. The van der Waals surface area contributed by atoms with E-state index in [1.807, 2.05) is 0 Å². The van der Waals surface area contributed by atoms with E-state index in [0.717, 1.165) is 26.1 Å². The average molecular weight is 802 g/mol. The van der Waals surface area contributed by atoms with Crippen molar-refractivity contribution in [3.8, 4) is 0 Å². The molecule has 0 aromatic carbocycles. The number of hydrogen-bond acceptors (Lipinski definition) is 13. The smallest absolute Gasteiger partial charge is 0.0701 e. The number of aliphatic hydroxyl groups excluding tert-OH is 1. The van der Waals surface area contributed by atoms with E-state index < -0.39 is 0 Å². The van der Waals surface area contributed by atoms with Gasteiger partial charge in [0.25, 0.3) is 0 Å². The molecular weight excluding hydrogens is 719 g/mol. The Morgan fingerprint density at radius 3 is 0.774 bits per heavy atom. The standard InChI is InChI=1S/C40H83NO10S2/c41-19-23-45-27-31-49-34-36-51-38-37-50-35-33-48-30-26-44-22-16-12-8-4-2-6-10-14-18-40-53-52-39-17-13-9-5-1-3-7-11-15-21-43-25-29-47-32-28-46-24-20-42/h42H,1-41H2. The van der Waals surface area contributed by atoms with Crippen LogP contribution in [-0.2, 0) is 42.6 Å². The average Bonchev–Trinajstić information content (AvgIpc) is 3.17. The van der Waals surface area contributed by atoms with E-state index in [4.69, 9.17) is 53.5 Å². The molecular formula is C40H83NO10S2. The van der Waals surface area contributed by atoms with Crippen LogP contribution in [0.15, 0.2) is 0 Å². The molecule has 0 fully saturated rings.